The van der Waals surface area contributed by atoms with Crippen molar-refractivity contribution in [2.24, 2.45) is 0 Å². The van der Waals surface area contributed by atoms with Crippen LogP contribution in [0.3, 0.4) is 0 Å². The van der Waals surface area contributed by atoms with Crippen molar-refractivity contribution < 1.29 is 17.9 Å². The third kappa shape index (κ3) is 5.44. The minimum absolute atomic E-state index is 0.0956. The lowest BCUT2D eigenvalue weighted by Gasteiger charge is -2.26. The lowest BCUT2D eigenvalue weighted by Crippen LogP contribution is -2.38. The molecule has 0 unspecified atom stereocenters. The van der Waals surface area contributed by atoms with Crippen LogP contribution in [0.1, 0.15) is 12.5 Å². The fourth-order valence-electron chi connectivity index (χ4n) is 3.19. The summed E-state index contributed by atoms with van der Waals surface area (Å²) >= 11 is 1.60. The molecule has 1 amide bonds. The van der Waals surface area contributed by atoms with Crippen molar-refractivity contribution in [3.8, 4) is 5.75 Å². The van der Waals surface area contributed by atoms with Gasteiger partial charge in [0, 0.05) is 4.90 Å². The van der Waals surface area contributed by atoms with Gasteiger partial charge in [-0.05, 0) is 54.6 Å². The normalized spacial score (nSPS) is 11.1. The minimum Gasteiger partial charge on any atom is -0.495 e. The Kier molecular flexibility index (Phi) is 7.82. The zero-order valence-electron chi connectivity index (χ0n) is 18.2. The zero-order valence-corrected chi connectivity index (χ0v) is 19.9. The Balaban J connectivity index is 2.01. The number of hydrogen-bond acceptors (Lipinski definition) is 5. The maximum absolute atomic E-state index is 13.6. The third-order valence-electron chi connectivity index (χ3n) is 4.68. The van der Waals surface area contributed by atoms with Gasteiger partial charge in [0.25, 0.3) is 10.0 Å². The van der Waals surface area contributed by atoms with E-state index < -0.39 is 22.5 Å². The van der Waals surface area contributed by atoms with Crippen molar-refractivity contribution in [3.05, 3.63) is 78.4 Å². The summed E-state index contributed by atoms with van der Waals surface area (Å²) in [6.07, 6.45) is 0. The molecule has 0 aromatic heterocycles. The fraction of sp³-hybridized carbons (Fsp3) is 0.208. The van der Waals surface area contributed by atoms with E-state index in [2.05, 4.69) is 5.32 Å². The Labute approximate surface area is 193 Å². The van der Waals surface area contributed by atoms with Crippen molar-refractivity contribution in [1.82, 2.24) is 0 Å². The molecule has 3 aromatic rings. The molecule has 1 N–H and O–H groups in total. The van der Waals surface area contributed by atoms with E-state index in [1.54, 1.807) is 48.2 Å². The van der Waals surface area contributed by atoms with Gasteiger partial charge < -0.3 is 10.1 Å². The Morgan fingerprint density at radius 2 is 1.72 bits per heavy atom. The molecule has 3 rings (SSSR count). The summed E-state index contributed by atoms with van der Waals surface area (Å²) in [5.41, 5.74) is 1.81. The molecule has 0 heterocycles. The monoisotopic (exact) mass is 470 g/mol. The first-order valence-corrected chi connectivity index (χ1v) is 12.5. The SMILES string of the molecule is CCSc1ccccc1NC(=O)CN(c1cc(C)ccc1OC)S(=O)(=O)c1ccccc1. The Bertz CT molecular complexity index is 1180. The number of carbonyl (C=O) groups is 1. The third-order valence-corrected chi connectivity index (χ3v) is 7.41. The van der Waals surface area contributed by atoms with E-state index in [0.29, 0.717) is 17.1 Å². The number of anilines is 2. The maximum Gasteiger partial charge on any atom is 0.264 e. The van der Waals surface area contributed by atoms with Crippen molar-refractivity contribution in [3.63, 3.8) is 0 Å². The van der Waals surface area contributed by atoms with Crippen LogP contribution in [-0.4, -0.2) is 33.7 Å². The highest BCUT2D eigenvalue weighted by molar-refractivity contribution is 7.99. The molecule has 0 saturated carbocycles. The zero-order chi connectivity index (χ0) is 23.1. The van der Waals surface area contributed by atoms with Crippen LogP contribution in [0.25, 0.3) is 0 Å². The van der Waals surface area contributed by atoms with Gasteiger partial charge >= 0.3 is 0 Å². The predicted octanol–water partition coefficient (Wildman–Crippen LogP) is 4.95. The number of amides is 1. The van der Waals surface area contributed by atoms with Crippen LogP contribution in [0.4, 0.5) is 11.4 Å². The number of methoxy groups -OCH3 is 1. The molecule has 0 aliphatic rings. The van der Waals surface area contributed by atoms with Crippen LogP contribution < -0.4 is 14.4 Å². The molecule has 0 saturated heterocycles. The highest BCUT2D eigenvalue weighted by Crippen LogP contribution is 2.34. The topological polar surface area (TPSA) is 75.7 Å². The summed E-state index contributed by atoms with van der Waals surface area (Å²) < 4.78 is 33.6. The van der Waals surface area contributed by atoms with Crippen molar-refractivity contribution in [1.29, 1.82) is 0 Å². The summed E-state index contributed by atoms with van der Waals surface area (Å²) in [4.78, 5) is 14.1. The molecule has 0 atom stereocenters. The fourth-order valence-corrected chi connectivity index (χ4v) is 5.39. The number of benzene rings is 3. The summed E-state index contributed by atoms with van der Waals surface area (Å²) in [5.74, 6) is 0.768. The summed E-state index contributed by atoms with van der Waals surface area (Å²) in [5, 5.41) is 2.86. The van der Waals surface area contributed by atoms with E-state index >= 15 is 0 Å². The van der Waals surface area contributed by atoms with Crippen LogP contribution in [0.15, 0.2) is 82.6 Å². The molecule has 0 aliphatic carbocycles. The van der Waals surface area contributed by atoms with Crippen LogP contribution in [-0.2, 0) is 14.8 Å². The number of thioether (sulfide) groups is 1. The van der Waals surface area contributed by atoms with E-state index in [9.17, 15) is 13.2 Å². The van der Waals surface area contributed by atoms with Gasteiger partial charge in [-0.15, -0.1) is 11.8 Å². The van der Waals surface area contributed by atoms with Crippen molar-refractivity contribution >= 4 is 39.1 Å². The Morgan fingerprint density at radius 1 is 1.03 bits per heavy atom. The number of nitrogens with zero attached hydrogens (tertiary/aromatic N) is 1. The van der Waals surface area contributed by atoms with E-state index in [-0.39, 0.29) is 4.90 Å². The van der Waals surface area contributed by atoms with Gasteiger partial charge in [0.2, 0.25) is 5.91 Å². The summed E-state index contributed by atoms with van der Waals surface area (Å²) in [6.45, 7) is 3.48. The molecular weight excluding hydrogens is 444 g/mol. The van der Waals surface area contributed by atoms with Gasteiger partial charge in [0.15, 0.2) is 0 Å². The first kappa shape index (κ1) is 23.7. The van der Waals surface area contributed by atoms with Gasteiger partial charge in [-0.25, -0.2) is 8.42 Å². The van der Waals surface area contributed by atoms with Crippen LogP contribution in [0, 0.1) is 6.92 Å². The minimum atomic E-state index is -4.02. The number of sulfonamides is 1. The second-order valence-corrected chi connectivity index (χ2v) is 10.1. The lowest BCUT2D eigenvalue weighted by atomic mass is 10.2. The van der Waals surface area contributed by atoms with Gasteiger partial charge in [-0.3, -0.25) is 9.10 Å². The Hall–Kier alpha value is -2.97. The number of hydrogen-bond donors (Lipinski definition) is 1. The molecule has 0 radical (unpaired) electrons. The molecular formula is C24H26N2O4S2. The van der Waals surface area contributed by atoms with Gasteiger partial charge in [0.05, 0.1) is 23.4 Å². The van der Waals surface area contributed by atoms with Crippen molar-refractivity contribution in [2.45, 2.75) is 23.6 Å². The standard InChI is InChI=1S/C24H26N2O4S2/c1-4-31-23-13-9-8-12-20(23)25-24(27)17-26(21-16-18(2)14-15-22(21)30-3)32(28,29)19-10-6-5-7-11-19/h5-16H,4,17H2,1-3H3,(H,25,27). The average molecular weight is 471 g/mol. The highest BCUT2D eigenvalue weighted by Gasteiger charge is 2.29. The molecule has 3 aromatic carbocycles. The summed E-state index contributed by atoms with van der Waals surface area (Å²) in [6, 6.07) is 20.7. The average Bonchev–Trinajstić information content (AvgIpc) is 2.79. The van der Waals surface area contributed by atoms with E-state index in [4.69, 9.17) is 4.74 Å². The second kappa shape index (κ2) is 10.6. The van der Waals surface area contributed by atoms with Crippen LogP contribution in [0.2, 0.25) is 0 Å². The number of ether oxygens (including phenoxy) is 1. The molecule has 0 bridgehead atoms. The van der Waals surface area contributed by atoms with Crippen LogP contribution >= 0.6 is 11.8 Å². The smallest absolute Gasteiger partial charge is 0.264 e. The largest absolute Gasteiger partial charge is 0.495 e. The molecule has 8 heteroatoms. The Morgan fingerprint density at radius 3 is 2.41 bits per heavy atom. The predicted molar refractivity (Wildman–Crippen MR) is 130 cm³/mol. The maximum atomic E-state index is 13.6. The molecule has 0 fully saturated rings. The van der Waals surface area contributed by atoms with E-state index in [1.165, 1.54) is 19.2 Å². The number of para-hydroxylation sites is 1. The molecule has 0 spiro atoms. The number of rotatable bonds is 9. The lowest BCUT2D eigenvalue weighted by molar-refractivity contribution is -0.114. The molecule has 6 nitrogen and oxygen atoms in total. The number of carbonyl (C=O) groups excluding carboxylic acids is 1. The second-order valence-electron chi connectivity index (χ2n) is 6.98. The molecule has 168 valence electrons. The summed E-state index contributed by atoms with van der Waals surface area (Å²) in [7, 11) is -2.55. The van der Waals surface area contributed by atoms with Crippen molar-refractivity contribution in [2.75, 3.05) is 29.0 Å². The van der Waals surface area contributed by atoms with Gasteiger partial charge in [0.1, 0.15) is 12.3 Å². The van der Waals surface area contributed by atoms with E-state index in [0.717, 1.165) is 20.5 Å². The van der Waals surface area contributed by atoms with Gasteiger partial charge in [-0.1, -0.05) is 43.3 Å². The quantitative estimate of drug-likeness (QED) is 0.448. The first-order chi connectivity index (χ1) is 15.4. The van der Waals surface area contributed by atoms with Gasteiger partial charge in [-0.2, -0.15) is 0 Å². The van der Waals surface area contributed by atoms with E-state index in [1.807, 2.05) is 38.1 Å². The molecule has 32 heavy (non-hydrogen) atoms. The number of aryl methyl sites for hydroxylation is 1. The number of nitrogens with one attached hydrogen (secondary N) is 1. The first-order valence-electron chi connectivity index (χ1n) is 10.1. The molecule has 0 aliphatic heterocycles. The highest BCUT2D eigenvalue weighted by atomic mass is 32.2. The van der Waals surface area contributed by atoms with Crippen LogP contribution in [0.5, 0.6) is 5.75 Å².